The van der Waals surface area contributed by atoms with E-state index in [9.17, 15) is 9.18 Å². The summed E-state index contributed by atoms with van der Waals surface area (Å²) in [6, 6.07) is 18.4. The van der Waals surface area contributed by atoms with Crippen molar-refractivity contribution in [3.05, 3.63) is 88.7 Å². The number of amides is 1. The van der Waals surface area contributed by atoms with Crippen molar-refractivity contribution in [1.82, 2.24) is 10.5 Å². The van der Waals surface area contributed by atoms with Gasteiger partial charge < -0.3 is 9.84 Å². The lowest BCUT2D eigenvalue weighted by molar-refractivity contribution is 0.0951. The molecule has 0 atom stereocenters. The Balaban J connectivity index is 1.58. The fraction of sp³-hybridized carbons (Fsp3) is 0.0476. The zero-order valence-corrected chi connectivity index (χ0v) is 14.8. The summed E-state index contributed by atoms with van der Waals surface area (Å²) in [5.41, 5.74) is 2.79. The van der Waals surface area contributed by atoms with Gasteiger partial charge >= 0.3 is 0 Å². The van der Waals surface area contributed by atoms with Crippen LogP contribution in [0.15, 0.2) is 71.3 Å². The number of rotatable bonds is 4. The molecule has 0 fully saturated rings. The monoisotopic (exact) mass is 380 g/mol. The van der Waals surface area contributed by atoms with Crippen molar-refractivity contribution in [3.63, 3.8) is 0 Å². The Bertz CT molecular complexity index is 1110. The van der Waals surface area contributed by atoms with Crippen molar-refractivity contribution < 1.29 is 13.7 Å². The number of halogens is 2. The first-order valence-corrected chi connectivity index (χ1v) is 8.66. The average molecular weight is 381 g/mol. The summed E-state index contributed by atoms with van der Waals surface area (Å²) in [6.07, 6.45) is 0. The number of fused-ring (bicyclic) bond motifs is 1. The van der Waals surface area contributed by atoms with Crippen LogP contribution in [0.3, 0.4) is 0 Å². The summed E-state index contributed by atoms with van der Waals surface area (Å²) in [5, 5.41) is 8.24. The molecule has 27 heavy (non-hydrogen) atoms. The Morgan fingerprint density at radius 2 is 1.78 bits per heavy atom. The van der Waals surface area contributed by atoms with E-state index < -0.39 is 0 Å². The lowest BCUT2D eigenvalue weighted by Gasteiger charge is -2.06. The van der Waals surface area contributed by atoms with Crippen molar-refractivity contribution in [1.29, 1.82) is 0 Å². The van der Waals surface area contributed by atoms with Crippen LogP contribution in [-0.4, -0.2) is 11.1 Å². The molecule has 0 spiro atoms. The number of hydrogen-bond acceptors (Lipinski definition) is 3. The standard InChI is InChI=1S/C21H14ClFN2O2/c22-16-6-3-14(4-7-16)20-18-11-15(5-10-19(18)25-27-20)21(26)24-12-13-1-8-17(23)9-2-13/h1-11H,12H2,(H,24,26). The third kappa shape index (κ3) is 3.68. The number of hydrogen-bond donors (Lipinski definition) is 1. The molecule has 3 aromatic carbocycles. The van der Waals surface area contributed by atoms with E-state index in [1.165, 1.54) is 12.1 Å². The summed E-state index contributed by atoms with van der Waals surface area (Å²) in [5.74, 6) is 0.0389. The summed E-state index contributed by atoms with van der Waals surface area (Å²) in [7, 11) is 0. The van der Waals surface area contributed by atoms with Crippen LogP contribution >= 0.6 is 11.6 Å². The molecule has 0 radical (unpaired) electrons. The van der Waals surface area contributed by atoms with Gasteiger partial charge in [-0.15, -0.1) is 0 Å². The molecule has 1 amide bonds. The van der Waals surface area contributed by atoms with Gasteiger partial charge in [0.1, 0.15) is 11.3 Å². The van der Waals surface area contributed by atoms with Gasteiger partial charge in [0.15, 0.2) is 5.76 Å². The van der Waals surface area contributed by atoms with Crippen LogP contribution in [0.2, 0.25) is 5.02 Å². The Morgan fingerprint density at radius 1 is 1.04 bits per heavy atom. The molecule has 4 aromatic rings. The topological polar surface area (TPSA) is 55.1 Å². The highest BCUT2D eigenvalue weighted by Gasteiger charge is 2.14. The minimum Gasteiger partial charge on any atom is -0.355 e. The summed E-state index contributed by atoms with van der Waals surface area (Å²) < 4.78 is 18.4. The van der Waals surface area contributed by atoms with Gasteiger partial charge in [0.05, 0.1) is 5.39 Å². The zero-order chi connectivity index (χ0) is 18.8. The van der Waals surface area contributed by atoms with E-state index >= 15 is 0 Å². The molecule has 134 valence electrons. The molecule has 1 N–H and O–H groups in total. The fourth-order valence-corrected chi connectivity index (χ4v) is 2.90. The zero-order valence-electron chi connectivity index (χ0n) is 14.1. The molecule has 0 bridgehead atoms. The van der Waals surface area contributed by atoms with E-state index in [4.69, 9.17) is 16.1 Å². The molecule has 4 nitrogen and oxygen atoms in total. The average Bonchev–Trinajstić information content (AvgIpc) is 3.11. The van der Waals surface area contributed by atoms with Crippen molar-refractivity contribution in [2.75, 3.05) is 0 Å². The second-order valence-corrected chi connectivity index (χ2v) is 6.50. The molecule has 6 heteroatoms. The Morgan fingerprint density at radius 3 is 2.52 bits per heavy atom. The SMILES string of the molecule is O=C(NCc1ccc(F)cc1)c1ccc2noc(-c3ccc(Cl)cc3)c2c1. The molecule has 0 unspecified atom stereocenters. The third-order valence-corrected chi connectivity index (χ3v) is 4.46. The van der Waals surface area contributed by atoms with Crippen LogP contribution in [0.4, 0.5) is 4.39 Å². The summed E-state index contributed by atoms with van der Waals surface area (Å²) in [4.78, 5) is 12.5. The highest BCUT2D eigenvalue weighted by molar-refractivity contribution is 6.30. The van der Waals surface area contributed by atoms with Crippen LogP contribution in [-0.2, 0) is 6.54 Å². The number of benzene rings is 3. The van der Waals surface area contributed by atoms with Gasteiger partial charge in [-0.2, -0.15) is 0 Å². The fourth-order valence-electron chi connectivity index (χ4n) is 2.78. The van der Waals surface area contributed by atoms with Crippen molar-refractivity contribution in [2.24, 2.45) is 0 Å². The molecule has 0 saturated heterocycles. The largest absolute Gasteiger partial charge is 0.355 e. The van der Waals surface area contributed by atoms with E-state index in [1.54, 1.807) is 42.5 Å². The first-order chi connectivity index (χ1) is 13.1. The van der Waals surface area contributed by atoms with Gasteiger partial charge in [0.25, 0.3) is 5.91 Å². The molecular formula is C21H14ClFN2O2. The van der Waals surface area contributed by atoms with E-state index in [1.807, 2.05) is 12.1 Å². The van der Waals surface area contributed by atoms with Gasteiger partial charge in [0.2, 0.25) is 0 Å². The molecule has 1 heterocycles. The number of carbonyl (C=O) groups is 1. The van der Waals surface area contributed by atoms with Gasteiger partial charge in [-0.1, -0.05) is 28.9 Å². The molecule has 1 aromatic heterocycles. The predicted molar refractivity (Wildman–Crippen MR) is 102 cm³/mol. The number of carbonyl (C=O) groups excluding carboxylic acids is 1. The normalized spacial score (nSPS) is 10.9. The van der Waals surface area contributed by atoms with Gasteiger partial charge in [-0.25, -0.2) is 4.39 Å². The van der Waals surface area contributed by atoms with Crippen LogP contribution < -0.4 is 5.32 Å². The second kappa shape index (κ2) is 7.21. The van der Waals surface area contributed by atoms with E-state index in [-0.39, 0.29) is 11.7 Å². The summed E-state index contributed by atoms with van der Waals surface area (Å²) >= 11 is 5.93. The van der Waals surface area contributed by atoms with Gasteiger partial charge in [-0.05, 0) is 60.2 Å². The molecule has 0 aliphatic carbocycles. The van der Waals surface area contributed by atoms with Crippen LogP contribution in [0.1, 0.15) is 15.9 Å². The Kier molecular flexibility index (Phi) is 4.60. The molecule has 0 aliphatic rings. The highest BCUT2D eigenvalue weighted by atomic mass is 35.5. The van der Waals surface area contributed by atoms with Gasteiger partial charge in [-0.3, -0.25) is 4.79 Å². The van der Waals surface area contributed by atoms with Crippen LogP contribution in [0.5, 0.6) is 0 Å². The molecule has 0 saturated carbocycles. The van der Waals surface area contributed by atoms with Crippen LogP contribution in [0, 0.1) is 5.82 Å². The van der Waals surface area contributed by atoms with E-state index in [2.05, 4.69) is 10.5 Å². The van der Waals surface area contributed by atoms with E-state index in [0.717, 1.165) is 16.5 Å². The van der Waals surface area contributed by atoms with E-state index in [0.29, 0.717) is 28.4 Å². The molecule has 0 aliphatic heterocycles. The van der Waals surface area contributed by atoms with Crippen molar-refractivity contribution in [2.45, 2.75) is 6.54 Å². The smallest absolute Gasteiger partial charge is 0.251 e. The van der Waals surface area contributed by atoms with Crippen LogP contribution in [0.25, 0.3) is 22.2 Å². The minimum atomic E-state index is -0.308. The number of aromatic nitrogens is 1. The quantitative estimate of drug-likeness (QED) is 0.528. The lowest BCUT2D eigenvalue weighted by atomic mass is 10.1. The minimum absolute atomic E-state index is 0.232. The molecule has 4 rings (SSSR count). The maximum absolute atomic E-state index is 13.0. The predicted octanol–water partition coefficient (Wildman–Crippen LogP) is 5.22. The number of nitrogens with one attached hydrogen (secondary N) is 1. The lowest BCUT2D eigenvalue weighted by Crippen LogP contribution is -2.22. The second-order valence-electron chi connectivity index (χ2n) is 6.06. The first kappa shape index (κ1) is 17.2. The Hall–Kier alpha value is -3.18. The summed E-state index contributed by atoms with van der Waals surface area (Å²) in [6.45, 7) is 0.310. The molecular weight excluding hydrogens is 367 g/mol. The maximum atomic E-state index is 13.0. The third-order valence-electron chi connectivity index (χ3n) is 4.21. The number of nitrogens with zero attached hydrogens (tertiary/aromatic N) is 1. The highest BCUT2D eigenvalue weighted by Crippen LogP contribution is 2.30. The van der Waals surface area contributed by atoms with Crippen molar-refractivity contribution in [3.8, 4) is 11.3 Å². The first-order valence-electron chi connectivity index (χ1n) is 8.28. The maximum Gasteiger partial charge on any atom is 0.251 e. The van der Waals surface area contributed by atoms with Gasteiger partial charge in [0, 0.05) is 22.7 Å². The Labute approximate surface area is 159 Å². The van der Waals surface area contributed by atoms with Crippen molar-refractivity contribution >= 4 is 28.4 Å².